The fraction of sp³-hybridized carbons (Fsp3) is 0.864. The Morgan fingerprint density at radius 1 is 0.431 bits per heavy atom. The van der Waals surface area contributed by atoms with Crippen molar-refractivity contribution in [2.24, 2.45) is 0 Å². The summed E-state index contributed by atoms with van der Waals surface area (Å²) in [6.45, 7) is 4.85. The molecule has 0 aromatic carbocycles. The quantitative estimate of drug-likeness (QED) is 0.0321. The number of carbonyl (C=O) groups is 2. The zero-order valence-corrected chi connectivity index (χ0v) is 43.5. The number of aliphatic hydroxyl groups excluding tert-OH is 2. The minimum atomic E-state index is -0.842. The summed E-state index contributed by atoms with van der Waals surface area (Å²) in [6, 6.07) is -0.626. The number of hydrogen-bond donors (Lipinski definition) is 3. The third kappa shape index (κ3) is 51.3. The van der Waals surface area contributed by atoms with Crippen molar-refractivity contribution in [2.45, 2.75) is 315 Å². The van der Waals surface area contributed by atoms with Crippen molar-refractivity contribution in [3.8, 4) is 0 Å². The minimum absolute atomic E-state index is 0.000566. The third-order valence-corrected chi connectivity index (χ3v) is 13.2. The Labute approximate surface area is 404 Å². The maximum Gasteiger partial charge on any atom is 0.305 e. The second-order valence-electron chi connectivity index (χ2n) is 19.6. The number of unbranched alkanes of at least 4 members (excludes halogenated alkanes) is 38. The Kier molecular flexibility index (Phi) is 53.1. The predicted molar refractivity (Wildman–Crippen MR) is 283 cm³/mol. The molecule has 0 rings (SSSR count). The first-order valence-electron chi connectivity index (χ1n) is 28.8. The molecule has 0 aliphatic rings. The topological polar surface area (TPSA) is 95.9 Å². The van der Waals surface area contributed by atoms with Crippen LogP contribution < -0.4 is 5.32 Å². The average Bonchev–Trinajstić information content (AvgIpc) is 3.31. The lowest BCUT2D eigenvalue weighted by Gasteiger charge is -2.20. The van der Waals surface area contributed by atoms with Gasteiger partial charge < -0.3 is 20.3 Å². The molecule has 0 saturated carbocycles. The average molecular weight is 915 g/mol. The van der Waals surface area contributed by atoms with Gasteiger partial charge in [0.05, 0.1) is 25.4 Å². The van der Waals surface area contributed by atoms with Crippen molar-refractivity contribution < 1.29 is 24.5 Å². The highest BCUT2D eigenvalue weighted by atomic mass is 16.5. The summed E-state index contributed by atoms with van der Waals surface area (Å²) in [5.41, 5.74) is 0. The van der Waals surface area contributed by atoms with Crippen molar-refractivity contribution in [3.63, 3.8) is 0 Å². The molecule has 0 saturated heterocycles. The van der Waals surface area contributed by atoms with Crippen molar-refractivity contribution >= 4 is 11.9 Å². The van der Waals surface area contributed by atoms with Gasteiger partial charge in [0.25, 0.3) is 0 Å². The van der Waals surface area contributed by atoms with Crippen LogP contribution in [0.3, 0.4) is 0 Å². The van der Waals surface area contributed by atoms with Crippen LogP contribution in [0.15, 0.2) is 36.5 Å². The summed E-state index contributed by atoms with van der Waals surface area (Å²) in [7, 11) is 0. The molecule has 65 heavy (non-hydrogen) atoms. The van der Waals surface area contributed by atoms with Crippen molar-refractivity contribution in [3.05, 3.63) is 36.5 Å². The molecule has 0 aromatic heterocycles. The van der Waals surface area contributed by atoms with Crippen LogP contribution in [0.25, 0.3) is 0 Å². The van der Waals surface area contributed by atoms with E-state index in [2.05, 4.69) is 43.5 Å². The Hall–Kier alpha value is -1.92. The molecular weight excluding hydrogens is 803 g/mol. The van der Waals surface area contributed by atoms with Crippen molar-refractivity contribution in [1.29, 1.82) is 0 Å². The van der Waals surface area contributed by atoms with Gasteiger partial charge in [-0.2, -0.15) is 0 Å². The predicted octanol–water partition coefficient (Wildman–Crippen LogP) is 17.6. The van der Waals surface area contributed by atoms with Crippen LogP contribution in [0.4, 0.5) is 0 Å². The van der Waals surface area contributed by atoms with Gasteiger partial charge in [-0.25, -0.2) is 0 Å². The molecule has 0 radical (unpaired) electrons. The molecule has 6 heteroatoms. The number of nitrogens with one attached hydrogen (secondary N) is 1. The number of carbonyl (C=O) groups excluding carboxylic acids is 2. The first-order chi connectivity index (χ1) is 32.0. The van der Waals surface area contributed by atoms with Crippen molar-refractivity contribution in [2.75, 3.05) is 13.2 Å². The van der Waals surface area contributed by atoms with E-state index < -0.39 is 12.1 Å². The molecule has 0 fully saturated rings. The van der Waals surface area contributed by atoms with Crippen LogP contribution in [0.2, 0.25) is 0 Å². The van der Waals surface area contributed by atoms with E-state index in [1.54, 1.807) is 6.08 Å². The smallest absolute Gasteiger partial charge is 0.305 e. The molecular formula is C59H111NO5. The highest BCUT2D eigenvalue weighted by molar-refractivity contribution is 5.76. The summed E-state index contributed by atoms with van der Waals surface area (Å²) in [6.07, 6.45) is 67.5. The van der Waals surface area contributed by atoms with Gasteiger partial charge in [0.2, 0.25) is 5.91 Å². The molecule has 382 valence electrons. The molecule has 0 heterocycles. The van der Waals surface area contributed by atoms with Crippen LogP contribution in [0.5, 0.6) is 0 Å². The molecule has 0 bridgehead atoms. The monoisotopic (exact) mass is 914 g/mol. The van der Waals surface area contributed by atoms with Crippen LogP contribution in [0.1, 0.15) is 303 Å². The molecule has 0 aromatic rings. The van der Waals surface area contributed by atoms with Gasteiger partial charge in [0, 0.05) is 12.8 Å². The fourth-order valence-corrected chi connectivity index (χ4v) is 8.72. The summed E-state index contributed by atoms with van der Waals surface area (Å²) < 4.78 is 5.47. The van der Waals surface area contributed by atoms with Gasteiger partial charge in [0.1, 0.15) is 0 Å². The number of esters is 1. The summed E-state index contributed by atoms with van der Waals surface area (Å²) >= 11 is 0. The van der Waals surface area contributed by atoms with E-state index in [1.165, 1.54) is 225 Å². The van der Waals surface area contributed by atoms with Crippen molar-refractivity contribution in [1.82, 2.24) is 5.32 Å². The van der Waals surface area contributed by atoms with Crippen LogP contribution in [-0.2, 0) is 14.3 Å². The van der Waals surface area contributed by atoms with Crippen LogP contribution >= 0.6 is 0 Å². The van der Waals surface area contributed by atoms with Gasteiger partial charge in [-0.15, -0.1) is 0 Å². The van der Waals surface area contributed by atoms with E-state index >= 15 is 0 Å². The van der Waals surface area contributed by atoms with Gasteiger partial charge in [0.15, 0.2) is 0 Å². The lowest BCUT2D eigenvalue weighted by atomic mass is 10.0. The molecule has 0 aliphatic heterocycles. The van der Waals surface area contributed by atoms with Gasteiger partial charge in [-0.05, 0) is 64.2 Å². The zero-order chi connectivity index (χ0) is 47.2. The second kappa shape index (κ2) is 54.7. The molecule has 0 spiro atoms. The Morgan fingerprint density at radius 3 is 1.20 bits per heavy atom. The lowest BCUT2D eigenvalue weighted by molar-refractivity contribution is -0.143. The number of ether oxygens (including phenoxy) is 1. The summed E-state index contributed by atoms with van der Waals surface area (Å²) in [5, 5.41) is 23.0. The van der Waals surface area contributed by atoms with Gasteiger partial charge in [-0.1, -0.05) is 262 Å². The number of hydrogen-bond acceptors (Lipinski definition) is 5. The normalized spacial score (nSPS) is 12.9. The number of amides is 1. The molecule has 0 aliphatic carbocycles. The first kappa shape index (κ1) is 63.1. The molecule has 2 unspecified atom stereocenters. The van der Waals surface area contributed by atoms with Gasteiger partial charge in [-0.3, -0.25) is 9.59 Å². The number of aliphatic hydroxyl groups is 2. The maximum atomic E-state index is 12.4. The highest BCUT2D eigenvalue weighted by Crippen LogP contribution is 2.17. The Morgan fingerprint density at radius 2 is 0.769 bits per heavy atom. The molecule has 2 atom stereocenters. The van der Waals surface area contributed by atoms with Crippen LogP contribution in [0, 0.1) is 0 Å². The van der Waals surface area contributed by atoms with E-state index in [9.17, 15) is 19.8 Å². The lowest BCUT2D eigenvalue weighted by Crippen LogP contribution is -2.45. The maximum absolute atomic E-state index is 12.4. The van der Waals surface area contributed by atoms with E-state index in [0.29, 0.717) is 19.4 Å². The zero-order valence-electron chi connectivity index (χ0n) is 43.5. The summed E-state index contributed by atoms with van der Waals surface area (Å²) in [5.74, 6) is -0.0701. The largest absolute Gasteiger partial charge is 0.466 e. The van der Waals surface area contributed by atoms with E-state index in [1.807, 2.05) is 6.08 Å². The summed E-state index contributed by atoms with van der Waals surface area (Å²) in [4.78, 5) is 24.4. The van der Waals surface area contributed by atoms with Crippen LogP contribution in [-0.4, -0.2) is 47.4 Å². The molecule has 1 amide bonds. The number of rotatable bonds is 53. The number of allylic oxidation sites excluding steroid dienone is 5. The fourth-order valence-electron chi connectivity index (χ4n) is 8.72. The van der Waals surface area contributed by atoms with E-state index in [4.69, 9.17) is 4.74 Å². The molecule has 3 N–H and O–H groups in total. The first-order valence-corrected chi connectivity index (χ1v) is 28.8. The highest BCUT2D eigenvalue weighted by Gasteiger charge is 2.18. The standard InChI is InChI=1S/C59H111NO5/c1-3-5-7-9-11-13-15-16-26-30-33-37-41-45-49-53-59(64)65-54-50-46-42-38-34-31-28-25-23-21-19-17-18-20-22-24-27-29-32-36-40-44-48-52-58(63)60-56(55-61)57(62)51-47-43-39-35-14-12-10-8-6-4-2/h11,13,16,26,47,51,56-57,61-62H,3-10,12,14-15,17-25,27-46,48-50,52-55H2,1-2H3,(H,60,63)/b13-11-,26-16-,51-47+. The van der Waals surface area contributed by atoms with E-state index in [-0.39, 0.29) is 18.5 Å². The molecule has 6 nitrogen and oxygen atoms in total. The SMILES string of the molecule is CCCCC/C=C\C/C=C\CCCCCCCC(=O)OCCCCCCCCCCCCCCCCCCCCCCCCCC(=O)NC(CO)C(O)/C=C/CCCCCCCCCC. The Bertz CT molecular complexity index is 1060. The van der Waals surface area contributed by atoms with E-state index in [0.717, 1.165) is 51.4 Å². The van der Waals surface area contributed by atoms with Gasteiger partial charge >= 0.3 is 5.97 Å². The Balaban J connectivity index is 3.37. The second-order valence-corrected chi connectivity index (χ2v) is 19.6. The third-order valence-electron chi connectivity index (χ3n) is 13.2. The minimum Gasteiger partial charge on any atom is -0.466 e.